The van der Waals surface area contributed by atoms with E-state index < -0.39 is 5.68 Å². The summed E-state index contributed by atoms with van der Waals surface area (Å²) in [6.45, 7) is 14.5. The molecule has 1 aromatic heterocycles. The van der Waals surface area contributed by atoms with E-state index in [1.54, 1.807) is 18.2 Å². The first kappa shape index (κ1) is 32.2. The van der Waals surface area contributed by atoms with Gasteiger partial charge in [-0.05, 0) is 88.6 Å². The molecular weight excluding hydrogens is 574 g/mol. The number of likely N-dealkylation sites (N-methyl/N-ethyl adjacent to an activating group) is 1. The predicted molar refractivity (Wildman–Crippen MR) is 176 cm³/mol. The van der Waals surface area contributed by atoms with Crippen LogP contribution in [0.5, 0.6) is 5.88 Å². The molecule has 3 aromatic rings. The van der Waals surface area contributed by atoms with E-state index >= 15 is 0 Å². The molecule has 2 fully saturated rings. The Bertz CT molecular complexity index is 1480. The lowest BCUT2D eigenvalue weighted by molar-refractivity contribution is 0.108. The fraction of sp³-hybridized carbons (Fsp3) is 0.429. The summed E-state index contributed by atoms with van der Waals surface area (Å²) >= 11 is 5.87. The fourth-order valence-corrected chi connectivity index (χ4v) is 6.60. The second-order valence-electron chi connectivity index (χ2n) is 11.9. The molecule has 0 saturated carbocycles. The SMILES string of the molecule is [B]C(=O)c1ccc(C)c(N(CC2CCCN2CC)C(=C)CN2CCC(c3cccc(OCc4ccc(Cl)cc4F)n3)CC2)c1. The highest BCUT2D eigenvalue weighted by Crippen LogP contribution is 2.31. The van der Waals surface area contributed by atoms with Gasteiger partial charge in [0.25, 0.3) is 0 Å². The van der Waals surface area contributed by atoms with E-state index in [0.29, 0.717) is 34.0 Å². The minimum absolute atomic E-state index is 0.0925. The van der Waals surface area contributed by atoms with Gasteiger partial charge in [-0.1, -0.05) is 49.4 Å². The smallest absolute Gasteiger partial charge is 0.213 e. The molecule has 230 valence electrons. The van der Waals surface area contributed by atoms with Gasteiger partial charge in [0.15, 0.2) is 7.85 Å². The van der Waals surface area contributed by atoms with Crippen LogP contribution in [0.2, 0.25) is 5.02 Å². The molecule has 9 heteroatoms. The molecule has 0 spiro atoms. The minimum atomic E-state index is -0.421. The van der Waals surface area contributed by atoms with Crippen molar-refractivity contribution in [2.45, 2.75) is 58.1 Å². The largest absolute Gasteiger partial charge is 0.473 e. The number of carbonyl (C=O) groups excluding carboxylic acids is 1. The van der Waals surface area contributed by atoms with E-state index in [2.05, 4.69) is 35.1 Å². The first-order valence-electron chi connectivity index (χ1n) is 15.6. The van der Waals surface area contributed by atoms with E-state index in [-0.39, 0.29) is 12.4 Å². The van der Waals surface area contributed by atoms with Crippen LogP contribution in [-0.4, -0.2) is 73.6 Å². The van der Waals surface area contributed by atoms with Gasteiger partial charge in [0.05, 0.1) is 0 Å². The summed E-state index contributed by atoms with van der Waals surface area (Å²) in [5.41, 5.74) is 4.66. The first-order valence-corrected chi connectivity index (χ1v) is 16.0. The van der Waals surface area contributed by atoms with Crippen molar-refractivity contribution in [2.75, 3.05) is 44.2 Å². The topological polar surface area (TPSA) is 48.9 Å². The van der Waals surface area contributed by atoms with Crippen LogP contribution in [0.25, 0.3) is 0 Å². The zero-order valence-corrected chi connectivity index (χ0v) is 26.5. The van der Waals surface area contributed by atoms with Gasteiger partial charge >= 0.3 is 0 Å². The average molecular weight is 615 g/mol. The molecule has 0 bridgehead atoms. The maximum Gasteiger partial charge on any atom is 0.213 e. The fourth-order valence-electron chi connectivity index (χ4n) is 6.44. The van der Waals surface area contributed by atoms with Gasteiger partial charge in [0, 0.05) is 64.3 Å². The minimum Gasteiger partial charge on any atom is -0.473 e. The number of anilines is 1. The molecule has 2 aliphatic rings. The number of nitrogens with zero attached hydrogens (tertiary/aromatic N) is 4. The van der Waals surface area contributed by atoms with Gasteiger partial charge < -0.3 is 14.4 Å². The van der Waals surface area contributed by atoms with Crippen molar-refractivity contribution in [3.8, 4) is 5.88 Å². The number of ether oxygens (including phenoxy) is 1. The summed E-state index contributed by atoms with van der Waals surface area (Å²) in [6.07, 6.45) is 4.29. The van der Waals surface area contributed by atoms with Gasteiger partial charge in [0.1, 0.15) is 18.1 Å². The molecule has 3 heterocycles. The Kier molecular flexibility index (Phi) is 10.8. The Labute approximate surface area is 267 Å². The number of halogens is 2. The van der Waals surface area contributed by atoms with Crippen LogP contribution in [0, 0.1) is 12.7 Å². The molecule has 44 heavy (non-hydrogen) atoms. The lowest BCUT2D eigenvalue weighted by Gasteiger charge is -2.38. The monoisotopic (exact) mass is 614 g/mol. The van der Waals surface area contributed by atoms with Crippen molar-refractivity contribution in [2.24, 2.45) is 0 Å². The summed E-state index contributed by atoms with van der Waals surface area (Å²) in [5, 5.41) is 0.360. The Morgan fingerprint density at radius 3 is 2.66 bits per heavy atom. The molecule has 2 aliphatic heterocycles. The first-order chi connectivity index (χ1) is 21.2. The third-order valence-electron chi connectivity index (χ3n) is 9.01. The Hall–Kier alpha value is -3.20. The van der Waals surface area contributed by atoms with Crippen LogP contribution in [0.15, 0.2) is 66.9 Å². The Morgan fingerprint density at radius 1 is 1.14 bits per heavy atom. The number of likely N-dealkylation sites (tertiary alicyclic amines) is 2. The highest BCUT2D eigenvalue weighted by atomic mass is 35.5. The van der Waals surface area contributed by atoms with Crippen molar-refractivity contribution >= 4 is 30.8 Å². The van der Waals surface area contributed by atoms with Crippen molar-refractivity contribution in [1.29, 1.82) is 0 Å². The third kappa shape index (κ3) is 7.90. The van der Waals surface area contributed by atoms with E-state index in [4.69, 9.17) is 29.2 Å². The van der Waals surface area contributed by atoms with Crippen molar-refractivity contribution in [1.82, 2.24) is 14.8 Å². The molecule has 2 saturated heterocycles. The number of benzene rings is 2. The molecule has 2 aromatic carbocycles. The molecular formula is C35H41BClFN4O2. The zero-order chi connectivity index (χ0) is 31.2. The van der Waals surface area contributed by atoms with Crippen LogP contribution in [0.3, 0.4) is 0 Å². The molecule has 6 nitrogen and oxygen atoms in total. The van der Waals surface area contributed by atoms with Crippen LogP contribution < -0.4 is 9.64 Å². The molecule has 1 atom stereocenters. The van der Waals surface area contributed by atoms with Crippen LogP contribution in [-0.2, 0) is 6.61 Å². The standard InChI is InChI=1S/C35H41BClFN4O2/c1-4-41-16-6-7-30(41)22-42(33-19-27(35(36)43)11-10-24(33)2)25(3)21-40-17-14-26(15-18-40)32-8-5-9-34(39-32)44-23-28-12-13-29(37)20-31(28)38/h5,8-13,19-20,26,30H,3-4,6-7,14-18,21-23H2,1-2H3. The summed E-state index contributed by atoms with van der Waals surface area (Å²) in [4.78, 5) is 24.1. The number of carbonyl (C=O) groups is 1. The highest BCUT2D eigenvalue weighted by Gasteiger charge is 2.29. The second kappa shape index (κ2) is 14.7. The van der Waals surface area contributed by atoms with Gasteiger partial charge in [-0.3, -0.25) is 9.80 Å². The maximum atomic E-state index is 14.2. The van der Waals surface area contributed by atoms with E-state index in [1.165, 1.54) is 12.5 Å². The number of piperidine rings is 1. The van der Waals surface area contributed by atoms with Crippen LogP contribution >= 0.6 is 11.6 Å². The van der Waals surface area contributed by atoms with Crippen LogP contribution in [0.1, 0.15) is 65.7 Å². The Morgan fingerprint density at radius 2 is 1.93 bits per heavy atom. The predicted octanol–water partition coefficient (Wildman–Crippen LogP) is 6.75. The number of pyridine rings is 1. The van der Waals surface area contributed by atoms with Gasteiger partial charge in [-0.25, -0.2) is 9.37 Å². The zero-order valence-electron chi connectivity index (χ0n) is 25.8. The molecule has 0 aliphatic carbocycles. The summed E-state index contributed by atoms with van der Waals surface area (Å²) in [7, 11) is 5.66. The van der Waals surface area contributed by atoms with Crippen LogP contribution in [0.4, 0.5) is 10.1 Å². The number of hydrogen-bond donors (Lipinski definition) is 0. The third-order valence-corrected chi connectivity index (χ3v) is 9.25. The number of rotatable bonds is 12. The molecule has 0 amide bonds. The summed E-state index contributed by atoms with van der Waals surface area (Å²) < 4.78 is 20.0. The lowest BCUT2D eigenvalue weighted by atomic mass is 9.92. The average Bonchev–Trinajstić information content (AvgIpc) is 3.47. The van der Waals surface area contributed by atoms with E-state index in [0.717, 1.165) is 81.2 Å². The highest BCUT2D eigenvalue weighted by molar-refractivity contribution is 6.62. The molecule has 5 rings (SSSR count). The maximum absolute atomic E-state index is 14.2. The number of aryl methyl sites for hydroxylation is 1. The van der Waals surface area contributed by atoms with Gasteiger partial charge in [-0.15, -0.1) is 0 Å². The molecule has 1 unspecified atom stereocenters. The van der Waals surface area contributed by atoms with Crippen molar-refractivity contribution in [3.63, 3.8) is 0 Å². The molecule has 2 radical (unpaired) electrons. The lowest BCUT2D eigenvalue weighted by Crippen LogP contribution is -2.43. The van der Waals surface area contributed by atoms with Gasteiger partial charge in [-0.2, -0.15) is 0 Å². The summed E-state index contributed by atoms with van der Waals surface area (Å²) in [5.74, 6) is 0.422. The van der Waals surface area contributed by atoms with E-state index in [9.17, 15) is 9.18 Å². The number of hydrogen-bond acceptors (Lipinski definition) is 6. The van der Waals surface area contributed by atoms with E-state index in [1.807, 2.05) is 30.3 Å². The quantitative estimate of drug-likeness (QED) is 0.210. The van der Waals surface area contributed by atoms with Gasteiger partial charge in [0.2, 0.25) is 5.88 Å². The van der Waals surface area contributed by atoms with Crippen molar-refractivity contribution in [3.05, 3.63) is 100 Å². The summed E-state index contributed by atoms with van der Waals surface area (Å²) in [6, 6.07) is 16.5. The normalized spacial score (nSPS) is 18.0. The molecule has 0 N–H and O–H groups in total. The van der Waals surface area contributed by atoms with Crippen molar-refractivity contribution < 1.29 is 13.9 Å². The second-order valence-corrected chi connectivity index (χ2v) is 12.4. The number of aromatic nitrogens is 1. The Balaban J connectivity index is 1.22.